The molecule has 2 amide bonds. The molecule has 164 valence electrons. The van der Waals surface area contributed by atoms with Crippen LogP contribution in [-0.4, -0.2) is 35.3 Å². The van der Waals surface area contributed by atoms with Crippen molar-refractivity contribution in [2.75, 3.05) is 7.11 Å². The Morgan fingerprint density at radius 2 is 1.62 bits per heavy atom. The molecule has 1 unspecified atom stereocenters. The number of nitrogens with one attached hydrogen (secondary N) is 2. The largest absolute Gasteiger partial charge is 0.508 e. The molecule has 1 atom stereocenters. The molecule has 0 aliphatic rings. The summed E-state index contributed by atoms with van der Waals surface area (Å²) in [7, 11) is 1.58. The minimum Gasteiger partial charge on any atom is -0.508 e. The van der Waals surface area contributed by atoms with E-state index in [4.69, 9.17) is 9.94 Å². The fraction of sp³-hybridized carbons (Fsp3) is 0.120. The second kappa shape index (κ2) is 10.8. The van der Waals surface area contributed by atoms with Crippen LogP contribution in [0.3, 0.4) is 0 Å². The Balaban J connectivity index is 1.90. The molecule has 4 N–H and O–H groups in total. The summed E-state index contributed by atoms with van der Waals surface area (Å²) in [5.74, 6) is -0.432. The summed E-state index contributed by atoms with van der Waals surface area (Å²) in [5.41, 5.74) is 4.12. The standard InChI is InChI=1S/C25H24N2O5/c1-32-21-13-9-17(10-14-21)15-22(19-5-3-2-4-6-19)24(29)26-23(25(30)27-31)16-18-7-11-20(28)12-8-18/h2-15,23,28,31H,16H2,1H3,(H,26,29)(H,27,30)/b22-15-. The van der Waals surface area contributed by atoms with Crippen LogP contribution in [0.2, 0.25) is 0 Å². The van der Waals surface area contributed by atoms with Gasteiger partial charge < -0.3 is 15.2 Å². The first-order valence-corrected chi connectivity index (χ1v) is 9.94. The van der Waals surface area contributed by atoms with Gasteiger partial charge in [0.15, 0.2) is 0 Å². The van der Waals surface area contributed by atoms with Crippen LogP contribution < -0.4 is 15.5 Å². The smallest absolute Gasteiger partial charge is 0.266 e. The first kappa shape index (κ1) is 22.6. The van der Waals surface area contributed by atoms with E-state index in [9.17, 15) is 14.7 Å². The van der Waals surface area contributed by atoms with Crippen molar-refractivity contribution in [1.29, 1.82) is 0 Å². The van der Waals surface area contributed by atoms with Crippen LogP contribution in [0.4, 0.5) is 0 Å². The molecule has 0 saturated heterocycles. The molecular weight excluding hydrogens is 408 g/mol. The number of hydrogen-bond donors (Lipinski definition) is 4. The maximum atomic E-state index is 13.2. The zero-order chi connectivity index (χ0) is 22.9. The number of hydrogen-bond acceptors (Lipinski definition) is 5. The lowest BCUT2D eigenvalue weighted by Crippen LogP contribution is -2.47. The molecule has 0 radical (unpaired) electrons. The van der Waals surface area contributed by atoms with E-state index in [0.717, 1.165) is 5.56 Å². The summed E-state index contributed by atoms with van der Waals surface area (Å²) in [4.78, 5) is 25.5. The van der Waals surface area contributed by atoms with Crippen LogP contribution in [0.5, 0.6) is 11.5 Å². The predicted octanol–water partition coefficient (Wildman–Crippen LogP) is 3.17. The van der Waals surface area contributed by atoms with Crippen LogP contribution in [0.15, 0.2) is 78.9 Å². The number of carbonyl (C=O) groups is 2. The van der Waals surface area contributed by atoms with Gasteiger partial charge in [0.05, 0.1) is 7.11 Å². The van der Waals surface area contributed by atoms with Crippen molar-refractivity contribution < 1.29 is 24.6 Å². The topological polar surface area (TPSA) is 108 Å². The van der Waals surface area contributed by atoms with Gasteiger partial charge in [-0.3, -0.25) is 14.8 Å². The Morgan fingerprint density at radius 1 is 0.969 bits per heavy atom. The van der Waals surface area contributed by atoms with Crippen molar-refractivity contribution in [2.24, 2.45) is 0 Å². The third-order valence-corrected chi connectivity index (χ3v) is 4.86. The number of aromatic hydroxyl groups is 1. The van der Waals surface area contributed by atoms with E-state index < -0.39 is 17.9 Å². The minimum atomic E-state index is -1.03. The summed E-state index contributed by atoms with van der Waals surface area (Å²) < 4.78 is 5.18. The lowest BCUT2D eigenvalue weighted by atomic mass is 10.00. The number of phenolic OH excluding ortho intramolecular Hbond substituents is 1. The van der Waals surface area contributed by atoms with Crippen molar-refractivity contribution in [3.8, 4) is 11.5 Å². The molecule has 3 aromatic carbocycles. The van der Waals surface area contributed by atoms with E-state index in [1.807, 2.05) is 30.3 Å². The first-order chi connectivity index (χ1) is 15.5. The molecule has 0 saturated carbocycles. The molecule has 7 heteroatoms. The van der Waals surface area contributed by atoms with Crippen LogP contribution in [-0.2, 0) is 16.0 Å². The molecule has 0 fully saturated rings. The molecule has 32 heavy (non-hydrogen) atoms. The lowest BCUT2D eigenvalue weighted by Gasteiger charge is -2.18. The van der Waals surface area contributed by atoms with Gasteiger partial charge in [-0.1, -0.05) is 54.6 Å². The summed E-state index contributed by atoms with van der Waals surface area (Å²) in [6, 6.07) is 21.6. The fourth-order valence-corrected chi connectivity index (χ4v) is 3.16. The minimum absolute atomic E-state index is 0.0923. The normalized spacial score (nSPS) is 12.0. The Bertz CT molecular complexity index is 1080. The van der Waals surface area contributed by atoms with Gasteiger partial charge in [0.1, 0.15) is 17.5 Å². The van der Waals surface area contributed by atoms with Gasteiger partial charge >= 0.3 is 0 Å². The summed E-state index contributed by atoms with van der Waals surface area (Å²) >= 11 is 0. The quantitative estimate of drug-likeness (QED) is 0.189. The van der Waals surface area contributed by atoms with Gasteiger partial charge in [0.25, 0.3) is 11.8 Å². The molecular formula is C25H24N2O5. The lowest BCUT2D eigenvalue weighted by molar-refractivity contribution is -0.133. The SMILES string of the molecule is COc1ccc(/C=C(\C(=O)NC(Cc2ccc(O)cc2)C(=O)NO)c2ccccc2)cc1. The number of phenols is 1. The molecule has 3 aromatic rings. The summed E-state index contributed by atoms with van der Waals surface area (Å²) in [6.07, 6.45) is 1.85. The van der Waals surface area contributed by atoms with E-state index >= 15 is 0 Å². The Morgan fingerprint density at radius 3 is 2.22 bits per heavy atom. The number of rotatable bonds is 8. The van der Waals surface area contributed by atoms with Gasteiger partial charge in [0.2, 0.25) is 0 Å². The molecule has 0 aliphatic carbocycles. The average molecular weight is 432 g/mol. The van der Waals surface area contributed by atoms with Crippen LogP contribution in [0.25, 0.3) is 11.6 Å². The van der Waals surface area contributed by atoms with Crippen molar-refractivity contribution in [3.05, 3.63) is 95.6 Å². The van der Waals surface area contributed by atoms with Crippen molar-refractivity contribution in [3.63, 3.8) is 0 Å². The molecule has 0 aromatic heterocycles. The van der Waals surface area contributed by atoms with Crippen molar-refractivity contribution in [2.45, 2.75) is 12.5 Å². The zero-order valence-corrected chi connectivity index (χ0v) is 17.5. The Labute approximate surface area is 185 Å². The molecule has 0 aliphatic heterocycles. The number of hydroxylamine groups is 1. The summed E-state index contributed by atoms with van der Waals surface area (Å²) in [6.45, 7) is 0. The molecule has 3 rings (SSSR count). The Kier molecular flexibility index (Phi) is 7.61. The maximum Gasteiger partial charge on any atom is 0.266 e. The number of methoxy groups -OCH3 is 1. The van der Waals surface area contributed by atoms with Gasteiger partial charge in [-0.05, 0) is 47.0 Å². The zero-order valence-electron chi connectivity index (χ0n) is 17.5. The highest BCUT2D eigenvalue weighted by Gasteiger charge is 2.23. The van der Waals surface area contributed by atoms with Crippen molar-refractivity contribution >= 4 is 23.5 Å². The second-order valence-corrected chi connectivity index (χ2v) is 7.07. The van der Waals surface area contributed by atoms with Gasteiger partial charge in [0, 0.05) is 12.0 Å². The second-order valence-electron chi connectivity index (χ2n) is 7.07. The average Bonchev–Trinajstić information content (AvgIpc) is 2.83. The first-order valence-electron chi connectivity index (χ1n) is 9.94. The number of carbonyl (C=O) groups excluding carboxylic acids is 2. The highest BCUT2D eigenvalue weighted by atomic mass is 16.5. The van der Waals surface area contributed by atoms with E-state index in [1.165, 1.54) is 12.1 Å². The molecule has 0 heterocycles. The van der Waals surface area contributed by atoms with Crippen LogP contribution in [0, 0.1) is 0 Å². The molecule has 0 bridgehead atoms. The third kappa shape index (κ3) is 5.96. The number of ether oxygens (including phenoxy) is 1. The van der Waals surface area contributed by atoms with Crippen LogP contribution >= 0.6 is 0 Å². The molecule has 0 spiro atoms. The number of amides is 2. The van der Waals surface area contributed by atoms with E-state index in [1.54, 1.807) is 55.1 Å². The van der Waals surface area contributed by atoms with Gasteiger partial charge in [-0.25, -0.2) is 5.48 Å². The fourth-order valence-electron chi connectivity index (χ4n) is 3.16. The Hall–Kier alpha value is -4.10. The van der Waals surface area contributed by atoms with Gasteiger partial charge in [-0.15, -0.1) is 0 Å². The third-order valence-electron chi connectivity index (χ3n) is 4.86. The summed E-state index contributed by atoms with van der Waals surface area (Å²) in [5, 5.41) is 21.3. The monoisotopic (exact) mass is 432 g/mol. The van der Waals surface area contributed by atoms with Crippen LogP contribution in [0.1, 0.15) is 16.7 Å². The van der Waals surface area contributed by atoms with Crippen molar-refractivity contribution in [1.82, 2.24) is 10.8 Å². The van der Waals surface area contributed by atoms with E-state index in [0.29, 0.717) is 22.4 Å². The maximum absolute atomic E-state index is 13.2. The van der Waals surface area contributed by atoms with Gasteiger partial charge in [-0.2, -0.15) is 0 Å². The predicted molar refractivity (Wildman–Crippen MR) is 121 cm³/mol. The highest BCUT2D eigenvalue weighted by Crippen LogP contribution is 2.21. The van der Waals surface area contributed by atoms with E-state index in [2.05, 4.69) is 5.32 Å². The van der Waals surface area contributed by atoms with E-state index in [-0.39, 0.29) is 12.2 Å². The number of benzene rings is 3. The molecule has 7 nitrogen and oxygen atoms in total. The highest BCUT2D eigenvalue weighted by molar-refractivity contribution is 6.24.